The lowest BCUT2D eigenvalue weighted by atomic mass is 10.1. The highest BCUT2D eigenvalue weighted by molar-refractivity contribution is 7.92. The van der Waals surface area contributed by atoms with Crippen molar-refractivity contribution < 1.29 is 18.0 Å². The van der Waals surface area contributed by atoms with Crippen LogP contribution in [0.5, 0.6) is 0 Å². The zero-order valence-electron chi connectivity index (χ0n) is 22.7. The molecule has 0 aliphatic heterocycles. The summed E-state index contributed by atoms with van der Waals surface area (Å²) in [5, 5.41) is 3.91. The number of nitrogens with one attached hydrogen (secondary N) is 1. The minimum atomic E-state index is -4.18. The first-order valence-corrected chi connectivity index (χ1v) is 15.2. The van der Waals surface area contributed by atoms with E-state index >= 15 is 0 Å². The Labute approximate surface area is 251 Å². The highest BCUT2D eigenvalue weighted by Gasteiger charge is 2.33. The maximum Gasteiger partial charge on any atom is 0.264 e. The Morgan fingerprint density at radius 3 is 2.10 bits per heavy atom. The molecule has 1 atom stereocenters. The zero-order valence-corrected chi connectivity index (χ0v) is 25.8. The number of aryl methyl sites for hydroxylation is 1. The summed E-state index contributed by atoms with van der Waals surface area (Å²) in [6.45, 7) is 6.94. The lowest BCUT2D eigenvalue weighted by Crippen LogP contribution is -2.51. The van der Waals surface area contributed by atoms with Crippen molar-refractivity contribution in [3.63, 3.8) is 0 Å². The second-order valence-electron chi connectivity index (χ2n) is 9.79. The van der Waals surface area contributed by atoms with Crippen LogP contribution in [0, 0.1) is 12.8 Å². The number of halogens is 3. The summed E-state index contributed by atoms with van der Waals surface area (Å²) in [5.41, 5.74) is 1.29. The average Bonchev–Trinajstić information content (AvgIpc) is 2.90. The van der Waals surface area contributed by atoms with Gasteiger partial charge in [0.15, 0.2) is 0 Å². The van der Waals surface area contributed by atoms with Crippen molar-refractivity contribution in [1.29, 1.82) is 0 Å². The number of hydrogen-bond acceptors (Lipinski definition) is 4. The van der Waals surface area contributed by atoms with Gasteiger partial charge in [0.05, 0.1) is 10.6 Å². The molecule has 3 rings (SSSR count). The van der Waals surface area contributed by atoms with E-state index in [1.165, 1.54) is 17.0 Å². The summed E-state index contributed by atoms with van der Waals surface area (Å²) >= 11 is 19.0. The summed E-state index contributed by atoms with van der Waals surface area (Å²) in [4.78, 5) is 28.4. The molecule has 7 nitrogen and oxygen atoms in total. The second kappa shape index (κ2) is 13.7. The van der Waals surface area contributed by atoms with E-state index in [1.807, 2.05) is 13.8 Å². The van der Waals surface area contributed by atoms with Gasteiger partial charge in [-0.25, -0.2) is 8.42 Å². The second-order valence-corrected chi connectivity index (χ2v) is 12.9. The van der Waals surface area contributed by atoms with E-state index in [-0.39, 0.29) is 29.0 Å². The number of amides is 2. The smallest absolute Gasteiger partial charge is 0.264 e. The molecule has 0 aliphatic rings. The van der Waals surface area contributed by atoms with E-state index in [2.05, 4.69) is 5.32 Å². The van der Waals surface area contributed by atoms with Gasteiger partial charge in [-0.15, -0.1) is 0 Å². The van der Waals surface area contributed by atoms with Crippen LogP contribution in [0.25, 0.3) is 0 Å². The van der Waals surface area contributed by atoms with E-state index in [4.69, 9.17) is 34.8 Å². The van der Waals surface area contributed by atoms with Crippen molar-refractivity contribution in [3.8, 4) is 0 Å². The molecular formula is C29H32Cl3N3O4S. The van der Waals surface area contributed by atoms with Crippen LogP contribution in [0.3, 0.4) is 0 Å². The molecule has 0 aliphatic carbocycles. The SMILES string of the molecule is Cc1cc(Cl)ccc1N(CC(=O)N(Cc1c(Cl)cccc1Cl)C(C)C(=O)NCC(C)C)S(=O)(=O)c1ccccc1. The van der Waals surface area contributed by atoms with Gasteiger partial charge >= 0.3 is 0 Å². The van der Waals surface area contributed by atoms with Gasteiger partial charge in [0.25, 0.3) is 10.0 Å². The van der Waals surface area contributed by atoms with Crippen molar-refractivity contribution in [2.24, 2.45) is 5.92 Å². The lowest BCUT2D eigenvalue weighted by molar-refractivity contribution is -0.139. The Hall–Kier alpha value is -2.78. The predicted molar refractivity (Wildman–Crippen MR) is 161 cm³/mol. The van der Waals surface area contributed by atoms with Crippen LogP contribution < -0.4 is 9.62 Å². The fourth-order valence-electron chi connectivity index (χ4n) is 4.02. The van der Waals surface area contributed by atoms with Crippen molar-refractivity contribution in [2.75, 3.05) is 17.4 Å². The molecule has 1 N–H and O–H groups in total. The van der Waals surface area contributed by atoms with E-state index in [9.17, 15) is 18.0 Å². The quantitative estimate of drug-likeness (QED) is 0.270. The summed E-state index contributed by atoms with van der Waals surface area (Å²) in [7, 11) is -4.18. The molecule has 3 aromatic carbocycles. The standard InChI is InChI=1S/C29H32Cl3N3O4S/c1-19(2)16-33-29(37)21(4)34(17-24-25(31)11-8-12-26(24)32)28(36)18-35(27-14-13-22(30)15-20(27)3)40(38,39)23-9-6-5-7-10-23/h5-15,19,21H,16-18H2,1-4H3,(H,33,37). The molecule has 214 valence electrons. The number of hydrogen-bond donors (Lipinski definition) is 1. The molecule has 40 heavy (non-hydrogen) atoms. The average molecular weight is 625 g/mol. The molecule has 0 aromatic heterocycles. The van der Waals surface area contributed by atoms with Crippen molar-refractivity contribution in [2.45, 2.75) is 45.2 Å². The molecule has 3 aromatic rings. The van der Waals surface area contributed by atoms with Gasteiger partial charge in [-0.05, 0) is 67.8 Å². The monoisotopic (exact) mass is 623 g/mol. The molecule has 0 saturated carbocycles. The van der Waals surface area contributed by atoms with Crippen LogP contribution in [0.4, 0.5) is 5.69 Å². The fourth-order valence-corrected chi connectivity index (χ4v) is 6.26. The number of nitrogens with zero attached hydrogens (tertiary/aromatic N) is 2. The molecule has 2 amide bonds. The maximum absolute atomic E-state index is 14.0. The first kappa shape index (κ1) is 31.7. The van der Waals surface area contributed by atoms with Gasteiger partial charge in [-0.1, -0.05) is 72.9 Å². The predicted octanol–water partition coefficient (Wildman–Crippen LogP) is 6.34. The van der Waals surface area contributed by atoms with Crippen LogP contribution in [-0.2, 0) is 26.2 Å². The van der Waals surface area contributed by atoms with Crippen molar-refractivity contribution in [3.05, 3.63) is 92.9 Å². The Bertz CT molecular complexity index is 1450. The Morgan fingerprint density at radius 1 is 0.900 bits per heavy atom. The van der Waals surface area contributed by atoms with Crippen molar-refractivity contribution >= 4 is 62.3 Å². The lowest BCUT2D eigenvalue weighted by Gasteiger charge is -2.33. The molecule has 1 unspecified atom stereocenters. The van der Waals surface area contributed by atoms with Gasteiger partial charge in [0.1, 0.15) is 12.6 Å². The Balaban J connectivity index is 2.07. The van der Waals surface area contributed by atoms with Gasteiger partial charge < -0.3 is 10.2 Å². The van der Waals surface area contributed by atoms with Gasteiger partial charge in [-0.2, -0.15) is 0 Å². The zero-order chi connectivity index (χ0) is 29.6. The molecule has 0 heterocycles. The minimum absolute atomic E-state index is 0.0144. The van der Waals surface area contributed by atoms with Crippen molar-refractivity contribution in [1.82, 2.24) is 10.2 Å². The summed E-state index contributed by atoms with van der Waals surface area (Å²) in [6, 6.07) is 16.6. The normalized spacial score (nSPS) is 12.2. The third-order valence-electron chi connectivity index (χ3n) is 6.28. The highest BCUT2D eigenvalue weighted by Crippen LogP contribution is 2.30. The summed E-state index contributed by atoms with van der Waals surface area (Å²) < 4.78 is 28.8. The Morgan fingerprint density at radius 2 is 1.52 bits per heavy atom. The van der Waals surface area contributed by atoms with E-state index in [0.29, 0.717) is 32.7 Å². The Kier molecular flexibility index (Phi) is 10.9. The third-order valence-corrected chi connectivity index (χ3v) is 9.00. The van der Waals surface area contributed by atoms with Gasteiger partial charge in [-0.3, -0.25) is 13.9 Å². The number of rotatable bonds is 11. The number of sulfonamides is 1. The number of benzene rings is 3. The van der Waals surface area contributed by atoms with Gasteiger partial charge in [0.2, 0.25) is 11.8 Å². The van der Waals surface area contributed by atoms with Crippen LogP contribution in [-0.4, -0.2) is 44.3 Å². The molecule has 11 heteroatoms. The molecule has 0 bridgehead atoms. The fraction of sp³-hybridized carbons (Fsp3) is 0.310. The topological polar surface area (TPSA) is 86.8 Å². The molecule has 0 saturated heterocycles. The summed E-state index contributed by atoms with van der Waals surface area (Å²) in [5.74, 6) is -0.805. The molecule has 0 fully saturated rings. The number of carbonyl (C=O) groups excluding carboxylic acids is 2. The van der Waals surface area contributed by atoms with E-state index in [0.717, 1.165) is 4.31 Å². The van der Waals surface area contributed by atoms with Crippen LogP contribution in [0.1, 0.15) is 31.9 Å². The summed E-state index contributed by atoms with van der Waals surface area (Å²) in [6.07, 6.45) is 0. The van der Waals surface area contributed by atoms with Crippen LogP contribution in [0.15, 0.2) is 71.6 Å². The number of carbonyl (C=O) groups is 2. The third kappa shape index (κ3) is 7.69. The first-order valence-electron chi connectivity index (χ1n) is 12.7. The molecule has 0 radical (unpaired) electrons. The largest absolute Gasteiger partial charge is 0.354 e. The first-order chi connectivity index (χ1) is 18.8. The molecular weight excluding hydrogens is 593 g/mol. The van der Waals surface area contributed by atoms with E-state index in [1.54, 1.807) is 68.4 Å². The highest BCUT2D eigenvalue weighted by atomic mass is 35.5. The van der Waals surface area contributed by atoms with Gasteiger partial charge in [0, 0.05) is 33.7 Å². The van der Waals surface area contributed by atoms with Crippen LogP contribution in [0.2, 0.25) is 15.1 Å². The van der Waals surface area contributed by atoms with E-state index < -0.39 is 28.5 Å². The minimum Gasteiger partial charge on any atom is -0.354 e. The van der Waals surface area contributed by atoms with Crippen LogP contribution >= 0.6 is 34.8 Å². The maximum atomic E-state index is 14.0. The molecule has 0 spiro atoms. The number of anilines is 1.